The number of nitrogens with one attached hydrogen (secondary N) is 2. The van der Waals surface area contributed by atoms with Crippen molar-refractivity contribution in [2.24, 2.45) is 10.8 Å². The zero-order valence-corrected chi connectivity index (χ0v) is 13.0. The maximum Gasteiger partial charge on any atom is 0.205 e. The highest BCUT2D eigenvalue weighted by Gasteiger charge is 2.27. The van der Waals surface area contributed by atoms with Crippen LogP contribution in [0, 0.1) is 0 Å². The molecular formula is C13H28N4OS. The number of nitrogens with zero attached hydrogens (tertiary/aromatic N) is 1. The van der Waals surface area contributed by atoms with E-state index in [0.717, 1.165) is 26.2 Å². The van der Waals surface area contributed by atoms with E-state index in [1.165, 1.54) is 25.0 Å². The Morgan fingerprint density at radius 3 is 2.95 bits per heavy atom. The van der Waals surface area contributed by atoms with E-state index < -0.39 is 0 Å². The topological polar surface area (TPSA) is 71.7 Å². The van der Waals surface area contributed by atoms with Crippen molar-refractivity contribution < 1.29 is 4.74 Å². The average molecular weight is 288 g/mol. The lowest BCUT2D eigenvalue weighted by Crippen LogP contribution is -2.48. The van der Waals surface area contributed by atoms with Gasteiger partial charge < -0.3 is 10.1 Å². The molecule has 0 saturated heterocycles. The van der Waals surface area contributed by atoms with Crippen molar-refractivity contribution in [2.45, 2.75) is 50.8 Å². The highest BCUT2D eigenvalue weighted by atomic mass is 32.2. The molecule has 6 heteroatoms. The fourth-order valence-electron chi connectivity index (χ4n) is 2.32. The summed E-state index contributed by atoms with van der Waals surface area (Å²) in [5, 5.41) is 4.13. The second-order valence-corrected chi connectivity index (χ2v) is 6.12. The van der Waals surface area contributed by atoms with Gasteiger partial charge in [0.1, 0.15) is 0 Å². The van der Waals surface area contributed by atoms with Gasteiger partial charge in [0.25, 0.3) is 0 Å². The van der Waals surface area contributed by atoms with Crippen LogP contribution in [0.1, 0.15) is 39.5 Å². The van der Waals surface area contributed by atoms with E-state index in [1.54, 1.807) is 0 Å². The molecule has 1 aliphatic carbocycles. The van der Waals surface area contributed by atoms with Crippen molar-refractivity contribution in [3.63, 3.8) is 0 Å². The van der Waals surface area contributed by atoms with Crippen LogP contribution < -0.4 is 16.6 Å². The molecule has 1 rings (SSSR count). The smallest absolute Gasteiger partial charge is 0.205 e. The molecule has 0 heterocycles. The summed E-state index contributed by atoms with van der Waals surface area (Å²) in [7, 11) is 0. The lowest BCUT2D eigenvalue weighted by molar-refractivity contribution is 0.146. The summed E-state index contributed by atoms with van der Waals surface area (Å²) >= 11 is 2.03. The van der Waals surface area contributed by atoms with Gasteiger partial charge in [0.15, 0.2) is 0 Å². The van der Waals surface area contributed by atoms with Gasteiger partial charge >= 0.3 is 0 Å². The van der Waals surface area contributed by atoms with E-state index in [-0.39, 0.29) is 0 Å². The SMILES string of the molecule is CCOCCCN=C(NN)NC1CCCC1SCC. The molecule has 5 nitrogen and oxygen atoms in total. The van der Waals surface area contributed by atoms with Crippen molar-refractivity contribution in [1.29, 1.82) is 0 Å². The van der Waals surface area contributed by atoms with Gasteiger partial charge in [-0.05, 0) is 31.9 Å². The Labute approximate surface area is 121 Å². The van der Waals surface area contributed by atoms with Crippen LogP contribution in [0.4, 0.5) is 0 Å². The molecule has 0 aliphatic heterocycles. The molecule has 1 aliphatic rings. The molecule has 2 atom stereocenters. The van der Waals surface area contributed by atoms with Crippen LogP contribution in [0.5, 0.6) is 0 Å². The third kappa shape index (κ3) is 6.49. The van der Waals surface area contributed by atoms with E-state index in [2.05, 4.69) is 22.7 Å². The summed E-state index contributed by atoms with van der Waals surface area (Å²) in [6.45, 7) is 6.48. The predicted molar refractivity (Wildman–Crippen MR) is 83.4 cm³/mol. The molecule has 0 bridgehead atoms. The lowest BCUT2D eigenvalue weighted by atomic mass is 10.2. The van der Waals surface area contributed by atoms with Crippen LogP contribution in [0.2, 0.25) is 0 Å². The average Bonchev–Trinajstić information content (AvgIpc) is 2.85. The van der Waals surface area contributed by atoms with Crippen molar-refractivity contribution >= 4 is 17.7 Å². The van der Waals surface area contributed by atoms with Crippen LogP contribution in [-0.4, -0.2) is 42.8 Å². The molecule has 0 radical (unpaired) electrons. The second kappa shape index (κ2) is 10.3. The Morgan fingerprint density at radius 1 is 1.42 bits per heavy atom. The molecular weight excluding hydrogens is 260 g/mol. The van der Waals surface area contributed by atoms with Gasteiger partial charge in [-0.15, -0.1) is 0 Å². The summed E-state index contributed by atoms with van der Waals surface area (Å²) in [5.41, 5.74) is 2.67. The number of hydrogen-bond acceptors (Lipinski definition) is 4. The van der Waals surface area contributed by atoms with Gasteiger partial charge in [0.05, 0.1) is 0 Å². The number of nitrogens with two attached hydrogens (primary N) is 1. The van der Waals surface area contributed by atoms with Gasteiger partial charge in [0, 0.05) is 31.1 Å². The maximum atomic E-state index is 5.53. The summed E-state index contributed by atoms with van der Waals surface area (Å²) in [5.74, 6) is 7.41. The molecule has 4 N–H and O–H groups in total. The first-order valence-electron chi connectivity index (χ1n) is 7.28. The van der Waals surface area contributed by atoms with Crippen LogP contribution in [0.15, 0.2) is 4.99 Å². The number of rotatable bonds is 8. The van der Waals surface area contributed by atoms with E-state index in [9.17, 15) is 0 Å². The van der Waals surface area contributed by atoms with Gasteiger partial charge in [-0.25, -0.2) is 5.84 Å². The Hall–Kier alpha value is -0.460. The molecule has 2 unspecified atom stereocenters. The first kappa shape index (κ1) is 16.6. The number of hydrazine groups is 1. The molecule has 0 aromatic rings. The fraction of sp³-hybridized carbons (Fsp3) is 0.923. The molecule has 0 spiro atoms. The van der Waals surface area contributed by atoms with Crippen LogP contribution >= 0.6 is 11.8 Å². The first-order valence-corrected chi connectivity index (χ1v) is 8.33. The summed E-state index contributed by atoms with van der Waals surface area (Å²) < 4.78 is 5.29. The van der Waals surface area contributed by atoms with Crippen molar-refractivity contribution in [2.75, 3.05) is 25.5 Å². The third-order valence-electron chi connectivity index (χ3n) is 3.21. The van der Waals surface area contributed by atoms with E-state index in [4.69, 9.17) is 10.6 Å². The van der Waals surface area contributed by atoms with Gasteiger partial charge in [-0.2, -0.15) is 11.8 Å². The van der Waals surface area contributed by atoms with E-state index >= 15 is 0 Å². The van der Waals surface area contributed by atoms with Crippen molar-refractivity contribution in [1.82, 2.24) is 10.7 Å². The Balaban J connectivity index is 2.31. The van der Waals surface area contributed by atoms with Gasteiger partial charge in [-0.3, -0.25) is 10.4 Å². The molecule has 19 heavy (non-hydrogen) atoms. The molecule has 1 saturated carbocycles. The number of thioether (sulfide) groups is 1. The van der Waals surface area contributed by atoms with Crippen LogP contribution in [-0.2, 0) is 4.74 Å². The molecule has 112 valence electrons. The minimum absolute atomic E-state index is 0.492. The number of aliphatic imine (C=N–C) groups is 1. The predicted octanol–water partition coefficient (Wildman–Crippen LogP) is 1.50. The van der Waals surface area contributed by atoms with E-state index in [0.29, 0.717) is 17.3 Å². The minimum Gasteiger partial charge on any atom is -0.382 e. The fourth-order valence-corrected chi connectivity index (χ4v) is 3.51. The van der Waals surface area contributed by atoms with Gasteiger partial charge in [-0.1, -0.05) is 13.3 Å². The lowest BCUT2D eigenvalue weighted by Gasteiger charge is -2.21. The normalized spacial score (nSPS) is 23.6. The number of hydrogen-bond donors (Lipinski definition) is 3. The Bertz CT molecular complexity index is 263. The molecule has 1 fully saturated rings. The van der Waals surface area contributed by atoms with Crippen molar-refractivity contribution in [3.8, 4) is 0 Å². The van der Waals surface area contributed by atoms with Crippen molar-refractivity contribution in [3.05, 3.63) is 0 Å². The summed E-state index contributed by atoms with van der Waals surface area (Å²) in [6, 6.07) is 0.492. The Morgan fingerprint density at radius 2 is 2.26 bits per heavy atom. The first-order chi connectivity index (χ1) is 9.31. The molecule has 0 aromatic heterocycles. The molecule has 0 amide bonds. The second-order valence-electron chi connectivity index (χ2n) is 4.60. The zero-order valence-electron chi connectivity index (χ0n) is 12.2. The quantitative estimate of drug-likeness (QED) is 0.207. The van der Waals surface area contributed by atoms with E-state index in [1.807, 2.05) is 18.7 Å². The maximum absolute atomic E-state index is 5.53. The third-order valence-corrected chi connectivity index (χ3v) is 4.54. The van der Waals surface area contributed by atoms with Crippen LogP contribution in [0.3, 0.4) is 0 Å². The van der Waals surface area contributed by atoms with Gasteiger partial charge in [0.2, 0.25) is 5.96 Å². The van der Waals surface area contributed by atoms with Crippen LogP contribution in [0.25, 0.3) is 0 Å². The number of ether oxygens (including phenoxy) is 1. The largest absolute Gasteiger partial charge is 0.382 e. The highest BCUT2D eigenvalue weighted by Crippen LogP contribution is 2.29. The summed E-state index contributed by atoms with van der Waals surface area (Å²) in [4.78, 5) is 4.45. The Kier molecular flexibility index (Phi) is 9.03. The number of guanidine groups is 1. The minimum atomic E-state index is 0.492. The zero-order chi connectivity index (χ0) is 13.9. The summed E-state index contributed by atoms with van der Waals surface area (Å²) in [6.07, 6.45) is 4.71. The molecule has 0 aromatic carbocycles. The monoisotopic (exact) mass is 288 g/mol. The highest BCUT2D eigenvalue weighted by molar-refractivity contribution is 7.99. The standard InChI is InChI=1S/C13H28N4OS/c1-3-18-10-6-9-15-13(17-14)16-11-7-5-8-12(11)19-4-2/h11-12H,3-10,14H2,1-2H3,(H2,15,16,17).